The molecule has 0 saturated heterocycles. The molecule has 2 aromatic carbocycles. The van der Waals surface area contributed by atoms with Gasteiger partial charge in [0.2, 0.25) is 5.91 Å². The Morgan fingerprint density at radius 2 is 1.69 bits per heavy atom. The molecular weight excluding hydrogens is 370 g/mol. The van der Waals surface area contributed by atoms with E-state index < -0.39 is 23.8 Å². The van der Waals surface area contributed by atoms with Gasteiger partial charge in [0.1, 0.15) is 18.0 Å². The van der Waals surface area contributed by atoms with E-state index in [1.165, 1.54) is 13.1 Å². The van der Waals surface area contributed by atoms with E-state index in [1.807, 2.05) is 54.6 Å². The Balaban J connectivity index is 1.74. The SMILES string of the molecule is CNC(=O)C(CCC=O)N1C(=O)C=C(Nc2ccc(-c3ccccc3)cc2)C1=O. The van der Waals surface area contributed by atoms with Crippen LogP contribution in [0.15, 0.2) is 66.4 Å². The summed E-state index contributed by atoms with van der Waals surface area (Å²) >= 11 is 0. The van der Waals surface area contributed by atoms with Gasteiger partial charge in [-0.25, -0.2) is 0 Å². The van der Waals surface area contributed by atoms with Crippen LogP contribution in [0.25, 0.3) is 11.1 Å². The highest BCUT2D eigenvalue weighted by atomic mass is 16.2. The second kappa shape index (κ2) is 8.97. The van der Waals surface area contributed by atoms with Crippen molar-refractivity contribution in [2.45, 2.75) is 18.9 Å². The van der Waals surface area contributed by atoms with Crippen LogP contribution in [0.3, 0.4) is 0 Å². The number of carbonyl (C=O) groups is 4. The minimum absolute atomic E-state index is 0.0683. The lowest BCUT2D eigenvalue weighted by atomic mass is 10.1. The van der Waals surface area contributed by atoms with Gasteiger partial charge in [0, 0.05) is 25.2 Å². The lowest BCUT2D eigenvalue weighted by Gasteiger charge is -2.24. The minimum Gasteiger partial charge on any atom is -0.357 e. The molecule has 29 heavy (non-hydrogen) atoms. The van der Waals surface area contributed by atoms with Gasteiger partial charge in [-0.2, -0.15) is 0 Å². The van der Waals surface area contributed by atoms with Gasteiger partial charge in [-0.05, 0) is 29.7 Å². The number of anilines is 1. The van der Waals surface area contributed by atoms with E-state index in [1.54, 1.807) is 0 Å². The molecule has 0 bridgehead atoms. The first-order chi connectivity index (χ1) is 14.0. The molecular formula is C22H21N3O4. The predicted octanol–water partition coefficient (Wildman–Crippen LogP) is 2.11. The molecule has 148 valence electrons. The third-order valence-corrected chi connectivity index (χ3v) is 4.64. The summed E-state index contributed by atoms with van der Waals surface area (Å²) in [5.41, 5.74) is 2.82. The Labute approximate surface area is 168 Å². The van der Waals surface area contributed by atoms with Gasteiger partial charge in [0.15, 0.2) is 0 Å². The first-order valence-corrected chi connectivity index (χ1v) is 9.22. The Kier molecular flexibility index (Phi) is 6.19. The maximum atomic E-state index is 12.7. The molecule has 3 amide bonds. The van der Waals surface area contributed by atoms with E-state index in [9.17, 15) is 19.2 Å². The molecule has 0 aliphatic carbocycles. The molecule has 0 radical (unpaired) electrons. The standard InChI is InChI=1S/C22H21N3O4/c1-23-21(28)19(8-5-13-26)25-20(27)14-18(22(25)29)24-17-11-9-16(10-12-17)15-6-3-2-4-7-15/h2-4,6-7,9-14,19,24H,5,8H2,1H3,(H,23,28). The van der Waals surface area contributed by atoms with Crippen molar-refractivity contribution < 1.29 is 19.2 Å². The summed E-state index contributed by atoms with van der Waals surface area (Å²) in [7, 11) is 1.42. The number of nitrogens with one attached hydrogen (secondary N) is 2. The molecule has 0 aromatic heterocycles. The maximum Gasteiger partial charge on any atom is 0.278 e. The molecule has 7 nitrogen and oxygen atoms in total. The van der Waals surface area contributed by atoms with Crippen LogP contribution < -0.4 is 10.6 Å². The van der Waals surface area contributed by atoms with Crippen molar-refractivity contribution >= 4 is 29.7 Å². The predicted molar refractivity (Wildman–Crippen MR) is 109 cm³/mol. The maximum absolute atomic E-state index is 12.7. The molecule has 2 N–H and O–H groups in total. The van der Waals surface area contributed by atoms with E-state index in [4.69, 9.17) is 0 Å². The van der Waals surface area contributed by atoms with Gasteiger partial charge < -0.3 is 15.4 Å². The van der Waals surface area contributed by atoms with Crippen LogP contribution >= 0.6 is 0 Å². The Morgan fingerprint density at radius 3 is 2.31 bits per heavy atom. The second-order valence-corrected chi connectivity index (χ2v) is 6.51. The topological polar surface area (TPSA) is 95.6 Å². The largest absolute Gasteiger partial charge is 0.357 e. The quantitative estimate of drug-likeness (QED) is 0.531. The number of amides is 3. The highest BCUT2D eigenvalue weighted by Gasteiger charge is 2.39. The zero-order valence-electron chi connectivity index (χ0n) is 15.9. The summed E-state index contributed by atoms with van der Waals surface area (Å²) < 4.78 is 0. The molecule has 0 fully saturated rings. The Bertz CT molecular complexity index is 952. The van der Waals surface area contributed by atoms with Crippen molar-refractivity contribution in [2.75, 3.05) is 12.4 Å². The summed E-state index contributed by atoms with van der Waals surface area (Å²) in [6.07, 6.45) is 1.97. The van der Waals surface area contributed by atoms with Crippen molar-refractivity contribution in [2.24, 2.45) is 0 Å². The number of aldehydes is 1. The molecule has 3 rings (SSSR count). The minimum atomic E-state index is -1.03. The number of carbonyl (C=O) groups excluding carboxylic acids is 4. The number of rotatable bonds is 8. The number of hydrogen-bond donors (Lipinski definition) is 2. The van der Waals surface area contributed by atoms with Crippen molar-refractivity contribution in [3.05, 3.63) is 66.4 Å². The van der Waals surface area contributed by atoms with Crippen molar-refractivity contribution in [1.82, 2.24) is 10.2 Å². The van der Waals surface area contributed by atoms with Gasteiger partial charge in [-0.1, -0.05) is 42.5 Å². The van der Waals surface area contributed by atoms with Crippen molar-refractivity contribution in [3.63, 3.8) is 0 Å². The second-order valence-electron chi connectivity index (χ2n) is 6.51. The van der Waals surface area contributed by atoms with Gasteiger partial charge in [-0.15, -0.1) is 0 Å². The zero-order chi connectivity index (χ0) is 20.8. The molecule has 7 heteroatoms. The number of imide groups is 1. The van der Waals surface area contributed by atoms with E-state index in [0.717, 1.165) is 16.0 Å². The molecule has 2 aromatic rings. The Morgan fingerprint density at radius 1 is 1.03 bits per heavy atom. The van der Waals surface area contributed by atoms with Gasteiger partial charge in [0.25, 0.3) is 11.8 Å². The molecule has 0 saturated carbocycles. The van der Waals surface area contributed by atoms with E-state index >= 15 is 0 Å². The van der Waals surface area contributed by atoms with Gasteiger partial charge in [0.05, 0.1) is 0 Å². The zero-order valence-corrected chi connectivity index (χ0v) is 15.9. The van der Waals surface area contributed by atoms with Crippen LogP contribution in [0.1, 0.15) is 12.8 Å². The average molecular weight is 391 g/mol. The molecule has 1 aliphatic heterocycles. The van der Waals surface area contributed by atoms with E-state index in [-0.39, 0.29) is 18.5 Å². The molecule has 0 spiro atoms. The normalized spacial score (nSPS) is 14.4. The molecule has 1 aliphatic rings. The number of benzene rings is 2. The molecule has 1 heterocycles. The monoisotopic (exact) mass is 391 g/mol. The lowest BCUT2D eigenvalue weighted by molar-refractivity contribution is -0.146. The lowest BCUT2D eigenvalue weighted by Crippen LogP contribution is -2.49. The summed E-state index contributed by atoms with van der Waals surface area (Å²) in [5, 5.41) is 5.38. The first-order valence-electron chi connectivity index (χ1n) is 9.22. The highest BCUT2D eigenvalue weighted by molar-refractivity contribution is 6.19. The summed E-state index contributed by atoms with van der Waals surface area (Å²) in [5.74, 6) is -1.67. The van der Waals surface area contributed by atoms with Gasteiger partial charge >= 0.3 is 0 Å². The first kappa shape index (κ1) is 20.0. The fourth-order valence-corrected chi connectivity index (χ4v) is 3.17. The highest BCUT2D eigenvalue weighted by Crippen LogP contribution is 2.24. The van der Waals surface area contributed by atoms with Crippen LogP contribution in [0.5, 0.6) is 0 Å². The van der Waals surface area contributed by atoms with Crippen molar-refractivity contribution in [1.29, 1.82) is 0 Å². The molecule has 1 unspecified atom stereocenters. The number of hydrogen-bond acceptors (Lipinski definition) is 5. The van der Waals surface area contributed by atoms with Crippen LogP contribution in [-0.4, -0.2) is 42.0 Å². The number of likely N-dealkylation sites (N-methyl/N-ethyl adjacent to an activating group) is 1. The van der Waals surface area contributed by atoms with E-state index in [0.29, 0.717) is 12.0 Å². The summed E-state index contributed by atoms with van der Waals surface area (Å²) in [6, 6.07) is 16.3. The van der Waals surface area contributed by atoms with Crippen LogP contribution in [0.4, 0.5) is 5.69 Å². The van der Waals surface area contributed by atoms with Crippen LogP contribution in [0.2, 0.25) is 0 Å². The fraction of sp³-hybridized carbons (Fsp3) is 0.182. The number of nitrogens with zero attached hydrogens (tertiary/aromatic N) is 1. The summed E-state index contributed by atoms with van der Waals surface area (Å²) in [6.45, 7) is 0. The van der Waals surface area contributed by atoms with Crippen LogP contribution in [0, 0.1) is 0 Å². The van der Waals surface area contributed by atoms with E-state index in [2.05, 4.69) is 10.6 Å². The smallest absolute Gasteiger partial charge is 0.278 e. The fourth-order valence-electron chi connectivity index (χ4n) is 3.17. The summed E-state index contributed by atoms with van der Waals surface area (Å²) in [4.78, 5) is 48.8. The molecule has 1 atom stereocenters. The van der Waals surface area contributed by atoms with Gasteiger partial charge in [-0.3, -0.25) is 19.3 Å². The third kappa shape index (κ3) is 4.40. The Hall–Kier alpha value is -3.74. The third-order valence-electron chi connectivity index (χ3n) is 4.64. The average Bonchev–Trinajstić information content (AvgIpc) is 3.02. The van der Waals surface area contributed by atoms with Crippen molar-refractivity contribution in [3.8, 4) is 11.1 Å². The van der Waals surface area contributed by atoms with Crippen LogP contribution in [-0.2, 0) is 19.2 Å².